The number of nitro groups is 1. The number of hydrogen-bond donors (Lipinski definition) is 0. The van der Waals surface area contributed by atoms with E-state index in [-0.39, 0.29) is 10.6 Å². The van der Waals surface area contributed by atoms with E-state index in [1.54, 1.807) is 6.08 Å². The average Bonchev–Trinajstić information content (AvgIpc) is 3.18. The molecule has 32 heavy (non-hydrogen) atoms. The molecule has 154 valence electrons. The highest BCUT2D eigenvalue weighted by molar-refractivity contribution is 6.23. The molecule has 0 atom stereocenters. The van der Waals surface area contributed by atoms with Gasteiger partial charge in [0.15, 0.2) is 0 Å². The zero-order chi connectivity index (χ0) is 21.7. The molecule has 0 radical (unpaired) electrons. The summed E-state index contributed by atoms with van der Waals surface area (Å²) in [5.74, 6) is 0. The van der Waals surface area contributed by atoms with E-state index in [1.165, 1.54) is 10.8 Å². The molecule has 1 aliphatic rings. The fraction of sp³-hybridized carbons (Fsp3) is 0.0714. The molecule has 1 aliphatic carbocycles. The summed E-state index contributed by atoms with van der Waals surface area (Å²) in [5, 5.41) is 16.4. The predicted molar refractivity (Wildman–Crippen MR) is 131 cm³/mol. The largest absolute Gasteiger partial charge is 0.309 e. The molecule has 0 spiro atoms. The third-order valence-electron chi connectivity index (χ3n) is 6.36. The van der Waals surface area contributed by atoms with Crippen molar-refractivity contribution in [3.05, 3.63) is 118 Å². The third kappa shape index (κ3) is 2.70. The molecule has 1 heterocycles. The summed E-state index contributed by atoms with van der Waals surface area (Å²) in [4.78, 5) is 11.6. The number of para-hydroxylation sites is 2. The zero-order valence-electron chi connectivity index (χ0n) is 17.4. The zero-order valence-corrected chi connectivity index (χ0v) is 17.4. The van der Waals surface area contributed by atoms with Gasteiger partial charge in [-0.2, -0.15) is 0 Å². The minimum atomic E-state index is -0.253. The molecule has 5 aromatic rings. The molecular formula is C28H20N2O2. The number of fused-ring (bicyclic) bond motifs is 5. The van der Waals surface area contributed by atoms with E-state index in [4.69, 9.17) is 0 Å². The minimum Gasteiger partial charge on any atom is -0.309 e. The Morgan fingerprint density at radius 1 is 0.781 bits per heavy atom. The maximum absolute atomic E-state index is 11.9. The van der Waals surface area contributed by atoms with Crippen LogP contribution in [0.5, 0.6) is 0 Å². The highest BCUT2D eigenvalue weighted by Gasteiger charge is 2.24. The fourth-order valence-electron chi connectivity index (χ4n) is 5.03. The lowest BCUT2D eigenvalue weighted by molar-refractivity contribution is -0.418. The number of benzene rings is 4. The van der Waals surface area contributed by atoms with Crippen molar-refractivity contribution in [2.75, 3.05) is 0 Å². The Morgan fingerprint density at radius 3 is 2.25 bits per heavy atom. The summed E-state index contributed by atoms with van der Waals surface area (Å²) < 4.78 is 2.27. The van der Waals surface area contributed by atoms with Crippen LogP contribution in [0.15, 0.2) is 103 Å². The van der Waals surface area contributed by atoms with Crippen molar-refractivity contribution < 1.29 is 4.92 Å². The highest BCUT2D eigenvalue weighted by Crippen LogP contribution is 2.42. The predicted octanol–water partition coefficient (Wildman–Crippen LogP) is 7.27. The van der Waals surface area contributed by atoms with Gasteiger partial charge in [0.05, 0.1) is 16.0 Å². The van der Waals surface area contributed by atoms with E-state index >= 15 is 0 Å². The van der Waals surface area contributed by atoms with E-state index in [2.05, 4.69) is 59.2 Å². The van der Waals surface area contributed by atoms with Crippen molar-refractivity contribution in [2.24, 2.45) is 0 Å². The van der Waals surface area contributed by atoms with Crippen molar-refractivity contribution >= 4 is 38.2 Å². The lowest BCUT2D eigenvalue weighted by atomic mass is 9.89. The molecular weight excluding hydrogens is 396 g/mol. The van der Waals surface area contributed by atoms with Crippen molar-refractivity contribution in [3.8, 4) is 5.69 Å². The number of nitrogens with zero attached hydrogens (tertiary/aromatic N) is 2. The van der Waals surface area contributed by atoms with Gasteiger partial charge < -0.3 is 4.57 Å². The molecule has 6 rings (SSSR count). The molecule has 0 unspecified atom stereocenters. The van der Waals surface area contributed by atoms with Gasteiger partial charge in [0, 0.05) is 28.1 Å². The van der Waals surface area contributed by atoms with Gasteiger partial charge in [-0.05, 0) is 53.4 Å². The van der Waals surface area contributed by atoms with E-state index in [0.29, 0.717) is 6.42 Å². The van der Waals surface area contributed by atoms with E-state index in [0.717, 1.165) is 45.1 Å². The molecule has 0 amide bonds. The van der Waals surface area contributed by atoms with Crippen molar-refractivity contribution in [1.82, 2.24) is 4.57 Å². The summed E-state index contributed by atoms with van der Waals surface area (Å²) in [6.07, 6.45) is 5.02. The topological polar surface area (TPSA) is 48.1 Å². The number of allylic oxidation sites excluding steroid dienone is 3. The van der Waals surface area contributed by atoms with Gasteiger partial charge in [0.2, 0.25) is 0 Å². The smallest absolute Gasteiger partial charge is 0.272 e. The lowest BCUT2D eigenvalue weighted by Crippen LogP contribution is -2.04. The quantitative estimate of drug-likeness (QED) is 0.229. The molecule has 4 heteroatoms. The molecule has 1 aromatic heterocycles. The highest BCUT2D eigenvalue weighted by atomic mass is 16.6. The first-order chi connectivity index (χ1) is 15.7. The monoisotopic (exact) mass is 416 g/mol. The number of aromatic nitrogens is 1. The van der Waals surface area contributed by atoms with Gasteiger partial charge in [-0.3, -0.25) is 10.1 Å². The molecule has 4 nitrogen and oxygen atoms in total. The Hall–Kier alpha value is -4.18. The second kappa shape index (κ2) is 7.20. The maximum Gasteiger partial charge on any atom is 0.272 e. The van der Waals surface area contributed by atoms with Crippen molar-refractivity contribution in [1.29, 1.82) is 0 Å². The van der Waals surface area contributed by atoms with Gasteiger partial charge >= 0.3 is 0 Å². The number of hydrogen-bond acceptors (Lipinski definition) is 2. The van der Waals surface area contributed by atoms with Crippen LogP contribution >= 0.6 is 0 Å². The van der Waals surface area contributed by atoms with Crippen LogP contribution in [0.1, 0.15) is 18.4 Å². The van der Waals surface area contributed by atoms with Crippen LogP contribution in [-0.4, -0.2) is 9.49 Å². The average molecular weight is 416 g/mol. The fourth-order valence-corrected chi connectivity index (χ4v) is 5.03. The number of rotatable bonds is 3. The SMILES string of the molecule is O=[N+]([O-])C1=C(c2cc3c(c4ccccc24)c2ccccc2n3-c2ccccc2)CCC=C1. The maximum atomic E-state index is 11.9. The third-order valence-corrected chi connectivity index (χ3v) is 6.36. The van der Waals surface area contributed by atoms with Gasteiger partial charge in [-0.25, -0.2) is 0 Å². The Bertz CT molecular complexity index is 1590. The van der Waals surface area contributed by atoms with Gasteiger partial charge in [-0.15, -0.1) is 0 Å². The first-order valence-corrected chi connectivity index (χ1v) is 10.8. The summed E-state index contributed by atoms with van der Waals surface area (Å²) in [7, 11) is 0. The van der Waals surface area contributed by atoms with Crippen LogP contribution in [0, 0.1) is 10.1 Å². The Labute approximate surface area is 184 Å². The standard InChI is InChI=1S/C28H20N2O2/c31-30(32)26-17-9-6-13-21(26)24-18-27-28(22-14-5-4-12-20(22)24)23-15-7-8-16-25(23)29(27)19-10-2-1-3-11-19/h1-5,7-12,14-18H,6,13H2. The summed E-state index contributed by atoms with van der Waals surface area (Å²) in [5.41, 5.74) is 5.22. The summed E-state index contributed by atoms with van der Waals surface area (Å²) >= 11 is 0. The normalized spacial score (nSPS) is 14.0. The molecule has 0 N–H and O–H groups in total. The first kappa shape index (κ1) is 18.6. The van der Waals surface area contributed by atoms with Gasteiger partial charge in [-0.1, -0.05) is 66.7 Å². The first-order valence-electron chi connectivity index (χ1n) is 10.8. The van der Waals surface area contributed by atoms with E-state index in [1.807, 2.05) is 36.4 Å². The second-order valence-electron chi connectivity index (χ2n) is 8.11. The van der Waals surface area contributed by atoms with E-state index in [9.17, 15) is 10.1 Å². The Balaban J connectivity index is 1.84. The van der Waals surface area contributed by atoms with Crippen LogP contribution in [0.3, 0.4) is 0 Å². The Morgan fingerprint density at radius 2 is 1.47 bits per heavy atom. The second-order valence-corrected chi connectivity index (χ2v) is 8.11. The van der Waals surface area contributed by atoms with Crippen molar-refractivity contribution in [2.45, 2.75) is 12.8 Å². The summed E-state index contributed by atoms with van der Waals surface area (Å²) in [6, 6.07) is 29.2. The minimum absolute atomic E-state index is 0.197. The van der Waals surface area contributed by atoms with Gasteiger partial charge in [0.25, 0.3) is 5.70 Å². The molecule has 0 saturated carbocycles. The van der Waals surface area contributed by atoms with Crippen LogP contribution in [0.4, 0.5) is 0 Å². The van der Waals surface area contributed by atoms with Crippen LogP contribution in [0.2, 0.25) is 0 Å². The lowest BCUT2D eigenvalue weighted by Gasteiger charge is -2.15. The van der Waals surface area contributed by atoms with Crippen LogP contribution < -0.4 is 0 Å². The molecule has 0 fully saturated rings. The molecule has 0 bridgehead atoms. The molecule has 4 aromatic carbocycles. The molecule has 0 saturated heterocycles. The van der Waals surface area contributed by atoms with Crippen molar-refractivity contribution in [3.63, 3.8) is 0 Å². The molecule has 0 aliphatic heterocycles. The Kier molecular flexibility index (Phi) is 4.18. The van der Waals surface area contributed by atoms with E-state index < -0.39 is 0 Å². The van der Waals surface area contributed by atoms with Gasteiger partial charge in [0.1, 0.15) is 0 Å². The van der Waals surface area contributed by atoms with Crippen LogP contribution in [0.25, 0.3) is 43.8 Å². The summed E-state index contributed by atoms with van der Waals surface area (Å²) in [6.45, 7) is 0. The van der Waals surface area contributed by atoms with Crippen LogP contribution in [-0.2, 0) is 0 Å².